The number of benzene rings is 2. The van der Waals surface area contributed by atoms with Crippen molar-refractivity contribution in [2.45, 2.75) is 32.7 Å². The number of hydrogen-bond acceptors (Lipinski definition) is 5. The first-order chi connectivity index (χ1) is 16.2. The van der Waals surface area contributed by atoms with Crippen LogP contribution in [0.4, 0.5) is 21.9 Å². The van der Waals surface area contributed by atoms with Crippen molar-refractivity contribution in [3.05, 3.63) is 42.0 Å². The van der Waals surface area contributed by atoms with Gasteiger partial charge in [-0.3, -0.25) is 18.9 Å². The normalized spacial score (nSPS) is 17.5. The predicted octanol–water partition coefficient (Wildman–Crippen LogP) is 3.40. The van der Waals surface area contributed by atoms with Crippen LogP contribution < -0.4 is 14.1 Å². The zero-order valence-corrected chi connectivity index (χ0v) is 20.3. The van der Waals surface area contributed by atoms with Crippen molar-refractivity contribution >= 4 is 39.1 Å². The first-order valence-electron chi connectivity index (χ1n) is 11.1. The minimum absolute atomic E-state index is 0.124. The van der Waals surface area contributed by atoms with Gasteiger partial charge >= 0.3 is 6.09 Å². The summed E-state index contributed by atoms with van der Waals surface area (Å²) in [6, 6.07) is 10.6. The summed E-state index contributed by atoms with van der Waals surface area (Å²) in [5.74, 6) is 2.39. The molecule has 0 aliphatic carbocycles. The summed E-state index contributed by atoms with van der Waals surface area (Å²) in [7, 11) is -3.35. The molecule has 0 spiro atoms. The Morgan fingerprint density at radius 1 is 1.12 bits per heavy atom. The number of anilines is 3. The quantitative estimate of drug-likeness (QED) is 0.627. The molecule has 2 heterocycles. The van der Waals surface area contributed by atoms with Gasteiger partial charge in [-0.1, -0.05) is 18.1 Å². The third-order valence-corrected chi connectivity index (χ3v) is 7.28. The molecule has 0 N–H and O–H groups in total. The Hall–Kier alpha value is -3.51. The van der Waals surface area contributed by atoms with Gasteiger partial charge in [-0.15, -0.1) is 6.42 Å². The molecular formula is C25H27N3O5S. The first kappa shape index (κ1) is 23.6. The average molecular weight is 482 g/mol. The lowest BCUT2D eigenvalue weighted by Crippen LogP contribution is -2.52. The van der Waals surface area contributed by atoms with E-state index in [0.717, 1.165) is 29.5 Å². The molecule has 0 fully saturated rings. The van der Waals surface area contributed by atoms with E-state index in [0.29, 0.717) is 23.6 Å². The molecule has 4 rings (SSSR count). The fourth-order valence-electron chi connectivity index (χ4n) is 4.62. The van der Waals surface area contributed by atoms with Gasteiger partial charge in [-0.25, -0.2) is 13.2 Å². The molecule has 2 aliphatic heterocycles. The molecule has 8 nitrogen and oxygen atoms in total. The van der Waals surface area contributed by atoms with Gasteiger partial charge in [0.25, 0.3) is 0 Å². The Kier molecular flexibility index (Phi) is 6.28. The van der Waals surface area contributed by atoms with E-state index in [1.54, 1.807) is 13.0 Å². The van der Waals surface area contributed by atoms with Gasteiger partial charge in [-0.05, 0) is 60.7 Å². The molecule has 0 aromatic heterocycles. The van der Waals surface area contributed by atoms with E-state index in [9.17, 15) is 18.0 Å². The summed E-state index contributed by atoms with van der Waals surface area (Å²) in [4.78, 5) is 28.1. The van der Waals surface area contributed by atoms with Crippen molar-refractivity contribution in [1.82, 2.24) is 0 Å². The summed E-state index contributed by atoms with van der Waals surface area (Å²) in [6.07, 6.45) is 7.89. The van der Waals surface area contributed by atoms with Crippen molar-refractivity contribution in [2.75, 3.05) is 40.1 Å². The molecule has 0 saturated heterocycles. The highest BCUT2D eigenvalue weighted by atomic mass is 32.2. The largest absolute Gasteiger partial charge is 0.449 e. The van der Waals surface area contributed by atoms with Gasteiger partial charge in [0.15, 0.2) is 0 Å². The minimum Gasteiger partial charge on any atom is -0.449 e. The lowest BCUT2D eigenvalue weighted by atomic mass is 9.96. The highest BCUT2D eigenvalue weighted by Crippen LogP contribution is 2.40. The van der Waals surface area contributed by atoms with E-state index in [2.05, 4.69) is 5.92 Å². The molecule has 2 aromatic rings. The number of rotatable bonds is 3. The van der Waals surface area contributed by atoms with E-state index in [-0.39, 0.29) is 19.1 Å². The number of hydrogen-bond donors (Lipinski definition) is 0. The zero-order valence-electron chi connectivity index (χ0n) is 19.4. The van der Waals surface area contributed by atoms with Crippen LogP contribution in [0.2, 0.25) is 0 Å². The van der Waals surface area contributed by atoms with Crippen molar-refractivity contribution in [2.24, 2.45) is 0 Å². The monoisotopic (exact) mass is 481 g/mol. The Morgan fingerprint density at radius 2 is 1.79 bits per heavy atom. The third kappa shape index (κ3) is 4.21. The lowest BCUT2D eigenvalue weighted by Gasteiger charge is -2.39. The van der Waals surface area contributed by atoms with Crippen molar-refractivity contribution < 1.29 is 22.7 Å². The maximum Gasteiger partial charge on any atom is 0.414 e. The molecule has 178 valence electrons. The summed E-state index contributed by atoms with van der Waals surface area (Å²) in [5, 5.41) is 0. The maximum absolute atomic E-state index is 12.7. The number of aryl methyl sites for hydroxylation is 1. The maximum atomic E-state index is 12.7. The zero-order chi connectivity index (χ0) is 24.6. The molecule has 9 heteroatoms. The Bertz CT molecular complexity index is 1300. The molecule has 2 amide bonds. The third-order valence-electron chi connectivity index (χ3n) is 6.10. The topological polar surface area (TPSA) is 87.2 Å². The molecule has 0 bridgehead atoms. The van der Waals surface area contributed by atoms with Gasteiger partial charge in [0.2, 0.25) is 15.9 Å². The van der Waals surface area contributed by atoms with E-state index in [1.807, 2.05) is 30.3 Å². The SMILES string of the molecule is C#C[C@H]1CN(C(=O)OCC)c2cc(-c3ccc4c(c3)CCCN4S(C)(=O)=O)ccc2N1C(C)=O. The summed E-state index contributed by atoms with van der Waals surface area (Å²) < 4.78 is 31.1. The van der Waals surface area contributed by atoms with Crippen LogP contribution >= 0.6 is 0 Å². The van der Waals surface area contributed by atoms with Crippen LogP contribution in [0.1, 0.15) is 25.8 Å². The van der Waals surface area contributed by atoms with Crippen molar-refractivity contribution in [1.29, 1.82) is 0 Å². The van der Waals surface area contributed by atoms with Crippen LogP contribution in [0.25, 0.3) is 11.1 Å². The molecular weight excluding hydrogens is 454 g/mol. The Morgan fingerprint density at radius 3 is 2.41 bits per heavy atom. The number of carbonyl (C=O) groups is 2. The number of sulfonamides is 1. The Balaban J connectivity index is 1.81. The van der Waals surface area contributed by atoms with Gasteiger partial charge in [0.05, 0.1) is 36.5 Å². The fourth-order valence-corrected chi connectivity index (χ4v) is 5.62. The molecule has 1 atom stereocenters. The van der Waals surface area contributed by atoms with Crippen LogP contribution in [0, 0.1) is 12.3 Å². The van der Waals surface area contributed by atoms with Crippen LogP contribution in [-0.4, -0.2) is 52.4 Å². The Labute approximate surface area is 200 Å². The second-order valence-electron chi connectivity index (χ2n) is 8.37. The standard InChI is InChI=1S/C25H27N3O5S/c1-5-21-16-26(25(30)33-6-2)24-15-19(10-12-23(24)28(21)17(3)29)18-9-11-22-20(14-18)8-7-13-27(22)34(4,31)32/h1,9-12,14-15,21H,6-8,13,16H2,2-4H3/t21-/m0/s1. The van der Waals surface area contributed by atoms with E-state index in [4.69, 9.17) is 11.2 Å². The number of nitrogens with zero attached hydrogens (tertiary/aromatic N) is 3. The molecule has 2 aromatic carbocycles. The van der Waals surface area contributed by atoms with Crippen LogP contribution in [0.15, 0.2) is 36.4 Å². The number of amides is 2. The summed E-state index contributed by atoms with van der Waals surface area (Å²) >= 11 is 0. The number of carbonyl (C=O) groups excluding carboxylic acids is 2. The highest BCUT2D eigenvalue weighted by molar-refractivity contribution is 7.92. The van der Waals surface area contributed by atoms with Crippen molar-refractivity contribution in [3.8, 4) is 23.5 Å². The fraction of sp³-hybridized carbons (Fsp3) is 0.360. The minimum atomic E-state index is -3.35. The van der Waals surface area contributed by atoms with Gasteiger partial charge < -0.3 is 4.74 Å². The molecule has 0 saturated carbocycles. The predicted molar refractivity (Wildman–Crippen MR) is 133 cm³/mol. The number of fused-ring (bicyclic) bond motifs is 2. The first-order valence-corrected chi connectivity index (χ1v) is 13.0. The number of terminal acetylenes is 1. The lowest BCUT2D eigenvalue weighted by molar-refractivity contribution is -0.116. The van der Waals surface area contributed by atoms with Gasteiger partial charge in [0, 0.05) is 13.5 Å². The average Bonchev–Trinajstić information content (AvgIpc) is 2.81. The van der Waals surface area contributed by atoms with Crippen LogP contribution in [0.3, 0.4) is 0 Å². The molecule has 34 heavy (non-hydrogen) atoms. The second-order valence-corrected chi connectivity index (χ2v) is 10.3. The van der Waals surface area contributed by atoms with E-state index >= 15 is 0 Å². The van der Waals surface area contributed by atoms with E-state index in [1.165, 1.54) is 27.3 Å². The summed E-state index contributed by atoms with van der Waals surface area (Å²) in [6.45, 7) is 3.98. The molecule has 0 unspecified atom stereocenters. The van der Waals surface area contributed by atoms with Crippen LogP contribution in [-0.2, 0) is 26.0 Å². The highest BCUT2D eigenvalue weighted by Gasteiger charge is 2.36. The van der Waals surface area contributed by atoms with Gasteiger partial charge in [-0.2, -0.15) is 0 Å². The van der Waals surface area contributed by atoms with Gasteiger partial charge in [0.1, 0.15) is 6.04 Å². The number of ether oxygens (including phenoxy) is 1. The van der Waals surface area contributed by atoms with Crippen LogP contribution in [0.5, 0.6) is 0 Å². The molecule has 0 radical (unpaired) electrons. The van der Waals surface area contributed by atoms with Crippen molar-refractivity contribution in [3.63, 3.8) is 0 Å². The molecule has 2 aliphatic rings. The smallest absolute Gasteiger partial charge is 0.414 e. The van der Waals surface area contributed by atoms with E-state index < -0.39 is 22.2 Å². The summed E-state index contributed by atoms with van der Waals surface area (Å²) in [5.41, 5.74) is 4.44. The second kappa shape index (κ2) is 9.03.